The van der Waals surface area contributed by atoms with E-state index < -0.39 is 0 Å². The van der Waals surface area contributed by atoms with Crippen molar-refractivity contribution >= 4 is 0 Å². The molecule has 1 saturated heterocycles. The molecular formula is C13H18O2. The number of hydrogen-bond donors (Lipinski definition) is 0. The maximum atomic E-state index is 5.48. The third-order valence-corrected chi connectivity index (χ3v) is 3.05. The molecule has 15 heavy (non-hydrogen) atoms. The number of para-hydroxylation sites is 1. The van der Waals surface area contributed by atoms with Crippen LogP contribution >= 0.6 is 0 Å². The van der Waals surface area contributed by atoms with Gasteiger partial charge in [0, 0.05) is 0 Å². The van der Waals surface area contributed by atoms with Crippen LogP contribution in [0.3, 0.4) is 0 Å². The molecule has 1 fully saturated rings. The van der Waals surface area contributed by atoms with Gasteiger partial charge in [0.05, 0.1) is 19.3 Å². The third kappa shape index (κ3) is 2.32. The summed E-state index contributed by atoms with van der Waals surface area (Å²) in [5.41, 5.74) is 1.27. The minimum absolute atomic E-state index is 0.440. The van der Waals surface area contributed by atoms with E-state index in [1.165, 1.54) is 5.56 Å². The zero-order valence-corrected chi connectivity index (χ0v) is 9.57. The Morgan fingerprint density at radius 3 is 2.67 bits per heavy atom. The normalized spacial score (nSPS) is 26.1. The monoisotopic (exact) mass is 206 g/mol. The van der Waals surface area contributed by atoms with Crippen LogP contribution in [0.15, 0.2) is 24.3 Å². The van der Waals surface area contributed by atoms with Crippen molar-refractivity contribution in [1.82, 2.24) is 0 Å². The van der Waals surface area contributed by atoms with E-state index in [-0.39, 0.29) is 0 Å². The van der Waals surface area contributed by atoms with Crippen molar-refractivity contribution in [2.45, 2.75) is 32.5 Å². The summed E-state index contributed by atoms with van der Waals surface area (Å²) in [5.74, 6) is 1.55. The number of ether oxygens (including phenoxy) is 2. The Labute approximate surface area is 91.2 Å². The quantitative estimate of drug-likeness (QED) is 0.706. The molecule has 0 bridgehead atoms. The van der Waals surface area contributed by atoms with Crippen molar-refractivity contribution in [2.75, 3.05) is 7.11 Å². The molecule has 1 aromatic carbocycles. The second-order valence-corrected chi connectivity index (χ2v) is 4.30. The summed E-state index contributed by atoms with van der Waals surface area (Å²) < 4.78 is 10.8. The molecule has 0 aromatic heterocycles. The summed E-state index contributed by atoms with van der Waals surface area (Å²) >= 11 is 0. The van der Waals surface area contributed by atoms with Crippen molar-refractivity contribution in [3.63, 3.8) is 0 Å². The first kappa shape index (κ1) is 10.5. The molecule has 0 radical (unpaired) electrons. The van der Waals surface area contributed by atoms with Gasteiger partial charge in [-0.1, -0.05) is 25.1 Å². The molecule has 0 amide bonds. The zero-order valence-electron chi connectivity index (χ0n) is 9.57. The van der Waals surface area contributed by atoms with Crippen LogP contribution in [0.2, 0.25) is 0 Å². The zero-order chi connectivity index (χ0) is 10.8. The molecule has 0 spiro atoms. The minimum atomic E-state index is 0.440. The lowest BCUT2D eigenvalue weighted by atomic mass is 9.96. The summed E-state index contributed by atoms with van der Waals surface area (Å²) in [6.07, 6.45) is 1.91. The van der Waals surface area contributed by atoms with E-state index >= 15 is 0 Å². The van der Waals surface area contributed by atoms with Gasteiger partial charge in [0.25, 0.3) is 0 Å². The van der Waals surface area contributed by atoms with Gasteiger partial charge in [0.15, 0.2) is 0 Å². The molecule has 1 aliphatic heterocycles. The fourth-order valence-corrected chi connectivity index (χ4v) is 2.13. The van der Waals surface area contributed by atoms with Crippen molar-refractivity contribution in [3.05, 3.63) is 29.8 Å². The Hall–Kier alpha value is -1.02. The van der Waals surface area contributed by atoms with Crippen molar-refractivity contribution in [1.29, 1.82) is 0 Å². The van der Waals surface area contributed by atoms with Gasteiger partial charge in [-0.05, 0) is 30.9 Å². The second kappa shape index (κ2) is 4.23. The summed E-state index contributed by atoms with van der Waals surface area (Å²) in [6, 6.07) is 8.20. The summed E-state index contributed by atoms with van der Waals surface area (Å²) in [4.78, 5) is 0. The van der Waals surface area contributed by atoms with E-state index in [0.717, 1.165) is 12.2 Å². The topological polar surface area (TPSA) is 21.8 Å². The first-order valence-electron chi connectivity index (χ1n) is 5.49. The molecule has 1 heterocycles. The highest BCUT2D eigenvalue weighted by Gasteiger charge is 2.38. The van der Waals surface area contributed by atoms with Crippen LogP contribution in [0.1, 0.15) is 19.4 Å². The Kier molecular flexibility index (Phi) is 2.96. The van der Waals surface area contributed by atoms with Gasteiger partial charge in [0.1, 0.15) is 5.75 Å². The van der Waals surface area contributed by atoms with E-state index in [1.54, 1.807) is 7.11 Å². The predicted octanol–water partition coefficient (Wildman–Crippen LogP) is 2.66. The standard InChI is InChI=1S/C13H18O2/c1-9(13-10(2)15-13)8-11-6-4-5-7-12(11)14-3/h4-7,9-10,13H,8H2,1-3H3. The molecule has 2 nitrogen and oxygen atoms in total. The van der Waals surface area contributed by atoms with Crippen LogP contribution in [0.4, 0.5) is 0 Å². The fourth-order valence-electron chi connectivity index (χ4n) is 2.13. The maximum Gasteiger partial charge on any atom is 0.122 e. The number of epoxide rings is 1. The largest absolute Gasteiger partial charge is 0.496 e. The van der Waals surface area contributed by atoms with Crippen molar-refractivity contribution in [3.8, 4) is 5.75 Å². The average Bonchev–Trinajstić information content (AvgIpc) is 2.96. The maximum absolute atomic E-state index is 5.48. The van der Waals surface area contributed by atoms with E-state index in [2.05, 4.69) is 26.0 Å². The summed E-state index contributed by atoms with van der Waals surface area (Å²) in [7, 11) is 1.72. The van der Waals surface area contributed by atoms with Gasteiger partial charge in [-0.3, -0.25) is 0 Å². The summed E-state index contributed by atoms with van der Waals surface area (Å²) in [6.45, 7) is 4.37. The Morgan fingerprint density at radius 2 is 2.07 bits per heavy atom. The third-order valence-electron chi connectivity index (χ3n) is 3.05. The van der Waals surface area contributed by atoms with E-state index in [1.807, 2.05) is 12.1 Å². The highest BCUT2D eigenvalue weighted by atomic mass is 16.6. The first-order chi connectivity index (χ1) is 7.22. The molecule has 1 aromatic rings. The Bertz CT molecular complexity index is 335. The van der Waals surface area contributed by atoms with Crippen LogP contribution in [0, 0.1) is 5.92 Å². The smallest absolute Gasteiger partial charge is 0.122 e. The Morgan fingerprint density at radius 1 is 1.40 bits per heavy atom. The van der Waals surface area contributed by atoms with Crippen LogP contribution in [0.25, 0.3) is 0 Å². The molecular weight excluding hydrogens is 188 g/mol. The molecule has 3 atom stereocenters. The molecule has 1 aliphatic rings. The highest BCUT2D eigenvalue weighted by molar-refractivity contribution is 5.33. The van der Waals surface area contributed by atoms with E-state index in [0.29, 0.717) is 18.1 Å². The molecule has 3 unspecified atom stereocenters. The lowest BCUT2D eigenvalue weighted by Crippen LogP contribution is -2.09. The van der Waals surface area contributed by atoms with Gasteiger partial charge in [-0.2, -0.15) is 0 Å². The van der Waals surface area contributed by atoms with Gasteiger partial charge in [-0.15, -0.1) is 0 Å². The SMILES string of the molecule is COc1ccccc1CC(C)C1OC1C. The number of hydrogen-bond acceptors (Lipinski definition) is 2. The minimum Gasteiger partial charge on any atom is -0.496 e. The molecule has 2 rings (SSSR count). The summed E-state index contributed by atoms with van der Waals surface area (Å²) in [5, 5.41) is 0. The number of rotatable bonds is 4. The van der Waals surface area contributed by atoms with Gasteiger partial charge >= 0.3 is 0 Å². The lowest BCUT2D eigenvalue weighted by Gasteiger charge is -2.11. The van der Waals surface area contributed by atoms with Crippen molar-refractivity contribution < 1.29 is 9.47 Å². The fraction of sp³-hybridized carbons (Fsp3) is 0.538. The van der Waals surface area contributed by atoms with Crippen molar-refractivity contribution in [2.24, 2.45) is 5.92 Å². The van der Waals surface area contributed by atoms with Crippen LogP contribution in [0.5, 0.6) is 5.75 Å². The first-order valence-corrected chi connectivity index (χ1v) is 5.49. The molecule has 82 valence electrons. The predicted molar refractivity (Wildman–Crippen MR) is 60.2 cm³/mol. The van der Waals surface area contributed by atoms with Crippen LogP contribution in [-0.4, -0.2) is 19.3 Å². The van der Waals surface area contributed by atoms with Crippen LogP contribution < -0.4 is 4.74 Å². The molecule has 0 aliphatic carbocycles. The number of methoxy groups -OCH3 is 1. The highest BCUT2D eigenvalue weighted by Crippen LogP contribution is 2.32. The van der Waals surface area contributed by atoms with Crippen LogP contribution in [-0.2, 0) is 11.2 Å². The second-order valence-electron chi connectivity index (χ2n) is 4.30. The van der Waals surface area contributed by atoms with E-state index in [9.17, 15) is 0 Å². The lowest BCUT2D eigenvalue weighted by molar-refractivity contribution is 0.325. The van der Waals surface area contributed by atoms with E-state index in [4.69, 9.17) is 9.47 Å². The van der Waals surface area contributed by atoms with Gasteiger partial charge in [0.2, 0.25) is 0 Å². The average molecular weight is 206 g/mol. The number of benzene rings is 1. The Balaban J connectivity index is 2.03. The molecule has 0 saturated carbocycles. The molecule has 2 heteroatoms. The molecule has 0 N–H and O–H groups in total. The van der Waals surface area contributed by atoms with Gasteiger partial charge in [-0.25, -0.2) is 0 Å². The van der Waals surface area contributed by atoms with Gasteiger partial charge < -0.3 is 9.47 Å².